The van der Waals surface area contributed by atoms with Gasteiger partial charge in [-0.25, -0.2) is 0 Å². The molecule has 0 aromatic heterocycles. The van der Waals surface area contributed by atoms with Crippen molar-refractivity contribution in [1.29, 1.82) is 0 Å². The fourth-order valence-corrected chi connectivity index (χ4v) is 5.64. The third-order valence-electron chi connectivity index (χ3n) is 5.24. The number of ether oxygens (including phenoxy) is 1. The summed E-state index contributed by atoms with van der Waals surface area (Å²) >= 11 is 0. The molecule has 0 saturated carbocycles. The molecule has 1 aromatic carbocycles. The summed E-state index contributed by atoms with van der Waals surface area (Å²) in [7, 11) is -3.42. The molecule has 7 heteroatoms. The van der Waals surface area contributed by atoms with Crippen molar-refractivity contribution in [3.8, 4) is 0 Å². The van der Waals surface area contributed by atoms with E-state index in [1.54, 1.807) is 8.61 Å². The fourth-order valence-electron chi connectivity index (χ4n) is 3.85. The maximum Gasteiger partial charge on any atom is 0.282 e. The van der Waals surface area contributed by atoms with Crippen LogP contribution in [0.25, 0.3) is 0 Å². The Balaban J connectivity index is 1.63. The molecule has 0 bridgehead atoms. The number of hydrogen-bond donors (Lipinski definition) is 0. The zero-order valence-corrected chi connectivity index (χ0v) is 16.9. The van der Waals surface area contributed by atoms with Gasteiger partial charge in [0.15, 0.2) is 0 Å². The largest absolute Gasteiger partial charge is 0.373 e. The minimum absolute atomic E-state index is 0.0574. The minimum Gasteiger partial charge on any atom is -0.373 e. The Bertz CT molecular complexity index is 700. The maximum absolute atomic E-state index is 13.1. The SMILES string of the molecule is Cc1ccccc1CN1CCCN(S(=O)(=O)N2C[C@@H](C)O[C@@H](C)C2)CC1. The Labute approximate surface area is 157 Å². The van der Waals surface area contributed by atoms with E-state index in [9.17, 15) is 8.42 Å². The second-order valence-electron chi connectivity index (χ2n) is 7.54. The van der Waals surface area contributed by atoms with Gasteiger partial charge in [-0.1, -0.05) is 24.3 Å². The van der Waals surface area contributed by atoms with Gasteiger partial charge in [0.1, 0.15) is 0 Å². The predicted octanol–water partition coefficient (Wildman–Crippen LogP) is 1.86. The lowest BCUT2D eigenvalue weighted by Gasteiger charge is -2.37. The predicted molar refractivity (Wildman–Crippen MR) is 103 cm³/mol. The van der Waals surface area contributed by atoms with Crippen molar-refractivity contribution in [3.63, 3.8) is 0 Å². The molecule has 2 aliphatic rings. The van der Waals surface area contributed by atoms with Crippen LogP contribution in [0, 0.1) is 6.92 Å². The van der Waals surface area contributed by atoms with Crippen molar-refractivity contribution in [2.45, 2.75) is 45.9 Å². The van der Waals surface area contributed by atoms with E-state index in [-0.39, 0.29) is 12.2 Å². The van der Waals surface area contributed by atoms with Gasteiger partial charge < -0.3 is 4.74 Å². The summed E-state index contributed by atoms with van der Waals surface area (Å²) in [6.07, 6.45) is 0.747. The molecule has 26 heavy (non-hydrogen) atoms. The zero-order chi connectivity index (χ0) is 18.7. The quantitative estimate of drug-likeness (QED) is 0.799. The third kappa shape index (κ3) is 4.64. The summed E-state index contributed by atoms with van der Waals surface area (Å²) in [5.74, 6) is 0. The first kappa shape index (κ1) is 19.8. The van der Waals surface area contributed by atoms with E-state index >= 15 is 0 Å². The van der Waals surface area contributed by atoms with E-state index in [1.807, 2.05) is 13.8 Å². The summed E-state index contributed by atoms with van der Waals surface area (Å²) in [6.45, 7) is 10.6. The Morgan fingerprint density at radius 2 is 1.69 bits per heavy atom. The molecule has 0 amide bonds. The van der Waals surface area contributed by atoms with Gasteiger partial charge in [0.25, 0.3) is 10.2 Å². The smallest absolute Gasteiger partial charge is 0.282 e. The van der Waals surface area contributed by atoms with Gasteiger partial charge in [-0.2, -0.15) is 17.0 Å². The van der Waals surface area contributed by atoms with E-state index in [4.69, 9.17) is 4.74 Å². The van der Waals surface area contributed by atoms with Crippen LogP contribution in [-0.2, 0) is 21.5 Å². The molecule has 0 unspecified atom stereocenters. The second-order valence-corrected chi connectivity index (χ2v) is 9.47. The molecule has 0 aliphatic carbocycles. The lowest BCUT2D eigenvalue weighted by atomic mass is 10.1. The molecule has 2 saturated heterocycles. The Morgan fingerprint density at radius 1 is 1.00 bits per heavy atom. The number of nitrogens with zero attached hydrogens (tertiary/aromatic N) is 3. The van der Waals surface area contributed by atoms with E-state index in [0.717, 1.165) is 26.1 Å². The summed E-state index contributed by atoms with van der Waals surface area (Å²) in [5.41, 5.74) is 2.61. The molecule has 2 fully saturated rings. The van der Waals surface area contributed by atoms with Crippen LogP contribution in [0.4, 0.5) is 0 Å². The molecular weight excluding hydrogens is 350 g/mol. The topological polar surface area (TPSA) is 53.1 Å². The van der Waals surface area contributed by atoms with Crippen LogP contribution in [0.3, 0.4) is 0 Å². The minimum atomic E-state index is -3.42. The summed E-state index contributed by atoms with van der Waals surface area (Å²) < 4.78 is 35.1. The van der Waals surface area contributed by atoms with Gasteiger partial charge in [0.2, 0.25) is 0 Å². The van der Waals surface area contributed by atoms with E-state index in [2.05, 4.69) is 36.1 Å². The van der Waals surface area contributed by atoms with Crippen LogP contribution >= 0.6 is 0 Å². The third-order valence-corrected chi connectivity index (χ3v) is 7.21. The van der Waals surface area contributed by atoms with Gasteiger partial charge in [0.05, 0.1) is 12.2 Å². The van der Waals surface area contributed by atoms with E-state index in [1.165, 1.54) is 11.1 Å². The number of aryl methyl sites for hydroxylation is 1. The number of rotatable bonds is 4. The maximum atomic E-state index is 13.1. The molecule has 2 heterocycles. The van der Waals surface area contributed by atoms with Crippen molar-refractivity contribution in [1.82, 2.24) is 13.5 Å². The molecule has 3 rings (SSSR count). The molecule has 0 spiro atoms. The first-order chi connectivity index (χ1) is 12.4. The molecule has 0 radical (unpaired) electrons. The molecule has 0 N–H and O–H groups in total. The highest BCUT2D eigenvalue weighted by atomic mass is 32.2. The highest BCUT2D eigenvalue weighted by Crippen LogP contribution is 2.20. The number of morpholine rings is 1. The first-order valence-electron chi connectivity index (χ1n) is 9.54. The van der Waals surface area contributed by atoms with Crippen molar-refractivity contribution >= 4 is 10.2 Å². The Hall–Kier alpha value is -0.990. The van der Waals surface area contributed by atoms with Gasteiger partial charge in [-0.3, -0.25) is 4.90 Å². The van der Waals surface area contributed by atoms with Crippen LogP contribution in [0.15, 0.2) is 24.3 Å². The second kappa shape index (κ2) is 8.35. The standard InChI is InChI=1S/C19H31N3O3S/c1-16-7-4-5-8-19(16)15-20-9-6-10-21(12-11-20)26(23,24)22-13-17(2)25-18(3)14-22/h4-5,7-8,17-18H,6,9-15H2,1-3H3/t17-,18+. The Kier molecular flexibility index (Phi) is 6.35. The lowest BCUT2D eigenvalue weighted by molar-refractivity contribution is -0.0454. The summed E-state index contributed by atoms with van der Waals surface area (Å²) in [4.78, 5) is 2.36. The van der Waals surface area contributed by atoms with Gasteiger partial charge in [-0.15, -0.1) is 0 Å². The van der Waals surface area contributed by atoms with Gasteiger partial charge in [0, 0.05) is 39.3 Å². The number of benzene rings is 1. The normalized spacial score (nSPS) is 27.3. The van der Waals surface area contributed by atoms with E-state index < -0.39 is 10.2 Å². The van der Waals surface area contributed by atoms with Crippen molar-refractivity contribution in [2.75, 3.05) is 39.3 Å². The molecule has 1 aromatic rings. The molecule has 2 aliphatic heterocycles. The number of hydrogen-bond acceptors (Lipinski definition) is 4. The van der Waals surface area contributed by atoms with Crippen molar-refractivity contribution in [3.05, 3.63) is 35.4 Å². The zero-order valence-electron chi connectivity index (χ0n) is 16.1. The highest BCUT2D eigenvalue weighted by molar-refractivity contribution is 7.86. The van der Waals surface area contributed by atoms with Crippen molar-refractivity contribution < 1.29 is 13.2 Å². The monoisotopic (exact) mass is 381 g/mol. The van der Waals surface area contributed by atoms with Crippen LogP contribution in [0.2, 0.25) is 0 Å². The van der Waals surface area contributed by atoms with Crippen LogP contribution in [0.1, 0.15) is 31.4 Å². The van der Waals surface area contributed by atoms with Crippen molar-refractivity contribution in [2.24, 2.45) is 0 Å². The first-order valence-corrected chi connectivity index (χ1v) is 10.9. The lowest BCUT2D eigenvalue weighted by Crippen LogP contribution is -2.53. The average Bonchev–Trinajstić information content (AvgIpc) is 2.82. The molecule has 146 valence electrons. The van der Waals surface area contributed by atoms with Crippen LogP contribution in [-0.4, -0.2) is 73.4 Å². The van der Waals surface area contributed by atoms with Gasteiger partial charge >= 0.3 is 0 Å². The van der Waals surface area contributed by atoms with Crippen LogP contribution < -0.4 is 0 Å². The average molecular weight is 382 g/mol. The summed E-state index contributed by atoms with van der Waals surface area (Å²) in [5, 5.41) is 0. The van der Waals surface area contributed by atoms with E-state index in [0.29, 0.717) is 26.2 Å². The fraction of sp³-hybridized carbons (Fsp3) is 0.684. The van der Waals surface area contributed by atoms with Crippen LogP contribution in [0.5, 0.6) is 0 Å². The van der Waals surface area contributed by atoms with Gasteiger partial charge in [-0.05, 0) is 44.9 Å². The molecular formula is C19H31N3O3S. The molecule has 2 atom stereocenters. The molecule has 6 nitrogen and oxygen atoms in total. The summed E-state index contributed by atoms with van der Waals surface area (Å²) in [6, 6.07) is 8.41. The highest BCUT2D eigenvalue weighted by Gasteiger charge is 2.35. The Morgan fingerprint density at radius 3 is 2.38 bits per heavy atom.